The van der Waals surface area contributed by atoms with Crippen molar-refractivity contribution in [3.63, 3.8) is 0 Å². The Morgan fingerprint density at radius 2 is 2.03 bits per heavy atom. The van der Waals surface area contributed by atoms with Gasteiger partial charge in [0.1, 0.15) is 24.3 Å². The molecule has 1 aromatic heterocycles. The van der Waals surface area contributed by atoms with E-state index in [2.05, 4.69) is 16.0 Å². The number of nitrogens with two attached hydrogens (primary N) is 1. The van der Waals surface area contributed by atoms with Gasteiger partial charge in [0.15, 0.2) is 0 Å². The Balaban J connectivity index is 2.30. The van der Waals surface area contributed by atoms with Crippen molar-refractivity contribution in [3.8, 4) is 17.0 Å². The summed E-state index contributed by atoms with van der Waals surface area (Å²) >= 11 is 0. The van der Waals surface area contributed by atoms with Crippen LogP contribution in [0.25, 0.3) is 11.3 Å². The second kappa shape index (κ2) is 13.7. The maximum absolute atomic E-state index is 9.90. The van der Waals surface area contributed by atoms with E-state index >= 15 is 0 Å². The number of hydrogen-bond donors (Lipinski definition) is 6. The standard InChI is InChI=1S/C24H38N6O2/c1-17(2)29-24-21(14-26)23(28-11-6-4-5-10-25)13-22(30-24)18-8-7-9-20(12-18)32-16-19(31)15-27-3/h7-9,12-14,17,19,26-27,31H,4-6,10-11,15-16,25H2,1-3H3,(H2,28,29,30). The maximum Gasteiger partial charge on any atom is 0.137 e. The second-order valence-electron chi connectivity index (χ2n) is 8.09. The van der Waals surface area contributed by atoms with Gasteiger partial charge in [-0.25, -0.2) is 4.98 Å². The van der Waals surface area contributed by atoms with Gasteiger partial charge in [-0.2, -0.15) is 0 Å². The molecule has 7 N–H and O–H groups in total. The molecule has 0 bridgehead atoms. The van der Waals surface area contributed by atoms with Crippen molar-refractivity contribution in [2.75, 3.05) is 43.9 Å². The largest absolute Gasteiger partial charge is 0.491 e. The molecule has 0 radical (unpaired) electrons. The lowest BCUT2D eigenvalue weighted by atomic mass is 10.1. The Bertz CT molecular complexity index is 843. The van der Waals surface area contributed by atoms with Crippen LogP contribution >= 0.6 is 0 Å². The number of aliphatic hydroxyl groups is 1. The highest BCUT2D eigenvalue weighted by Gasteiger charge is 2.14. The summed E-state index contributed by atoms with van der Waals surface area (Å²) in [4.78, 5) is 4.80. The summed E-state index contributed by atoms with van der Waals surface area (Å²) in [6.45, 7) is 6.28. The fraction of sp³-hybridized carbons (Fsp3) is 0.500. The quantitative estimate of drug-likeness (QED) is 0.185. The van der Waals surface area contributed by atoms with E-state index in [0.29, 0.717) is 24.7 Å². The minimum Gasteiger partial charge on any atom is -0.491 e. The van der Waals surface area contributed by atoms with E-state index in [0.717, 1.165) is 48.3 Å². The van der Waals surface area contributed by atoms with Crippen LogP contribution in [0.5, 0.6) is 5.75 Å². The number of pyridine rings is 1. The van der Waals surface area contributed by atoms with Crippen LogP contribution in [0.3, 0.4) is 0 Å². The summed E-state index contributed by atoms with van der Waals surface area (Å²) in [7, 11) is 1.79. The third kappa shape index (κ3) is 8.11. The van der Waals surface area contributed by atoms with Crippen LogP contribution in [-0.4, -0.2) is 61.7 Å². The summed E-state index contributed by atoms with van der Waals surface area (Å²) in [5.74, 6) is 1.35. The molecule has 0 aliphatic carbocycles. The molecule has 2 aromatic rings. The topological polar surface area (TPSA) is 128 Å². The van der Waals surface area contributed by atoms with Crippen LogP contribution in [-0.2, 0) is 0 Å². The molecule has 176 valence electrons. The van der Waals surface area contributed by atoms with E-state index in [-0.39, 0.29) is 12.6 Å². The molecule has 1 atom stereocenters. The molecule has 0 spiro atoms. The number of unbranched alkanes of at least 4 members (excludes halogenated alkanes) is 2. The lowest BCUT2D eigenvalue weighted by molar-refractivity contribution is 0.108. The van der Waals surface area contributed by atoms with Gasteiger partial charge in [0.2, 0.25) is 0 Å². The van der Waals surface area contributed by atoms with Gasteiger partial charge in [0.25, 0.3) is 0 Å². The number of hydrogen-bond acceptors (Lipinski definition) is 8. The molecule has 0 aliphatic heterocycles. The van der Waals surface area contributed by atoms with Gasteiger partial charge in [-0.05, 0) is 58.5 Å². The average Bonchev–Trinajstić information content (AvgIpc) is 2.77. The number of ether oxygens (including phenoxy) is 1. The summed E-state index contributed by atoms with van der Waals surface area (Å²) in [5.41, 5.74) is 8.89. The van der Waals surface area contributed by atoms with Gasteiger partial charge in [-0.1, -0.05) is 18.6 Å². The summed E-state index contributed by atoms with van der Waals surface area (Å²) in [6.07, 6.45) is 3.85. The Morgan fingerprint density at radius 1 is 1.22 bits per heavy atom. The third-order valence-corrected chi connectivity index (χ3v) is 4.84. The van der Waals surface area contributed by atoms with Crippen molar-refractivity contribution >= 4 is 17.7 Å². The fourth-order valence-corrected chi connectivity index (χ4v) is 3.28. The number of likely N-dealkylation sites (N-methyl/N-ethyl adjacent to an activating group) is 1. The monoisotopic (exact) mass is 442 g/mol. The van der Waals surface area contributed by atoms with Crippen LogP contribution in [0.4, 0.5) is 11.5 Å². The number of anilines is 2. The predicted molar refractivity (Wildman–Crippen MR) is 133 cm³/mol. The molecule has 1 heterocycles. The number of aliphatic hydroxyl groups excluding tert-OH is 1. The molecular weight excluding hydrogens is 404 g/mol. The van der Waals surface area contributed by atoms with E-state index in [1.165, 1.54) is 6.21 Å². The van der Waals surface area contributed by atoms with Gasteiger partial charge >= 0.3 is 0 Å². The molecule has 1 aromatic carbocycles. The normalized spacial score (nSPS) is 11.9. The van der Waals surface area contributed by atoms with Crippen molar-refractivity contribution in [2.45, 2.75) is 45.3 Å². The maximum atomic E-state index is 9.90. The van der Waals surface area contributed by atoms with E-state index in [9.17, 15) is 5.11 Å². The zero-order valence-corrected chi connectivity index (χ0v) is 19.4. The SMILES string of the molecule is CNCC(O)COc1cccc(-c2cc(NCCCCCN)c(C=N)c(NC(C)C)n2)c1. The number of aromatic nitrogens is 1. The van der Waals surface area contributed by atoms with Gasteiger partial charge in [0, 0.05) is 36.6 Å². The summed E-state index contributed by atoms with van der Waals surface area (Å²) < 4.78 is 5.76. The van der Waals surface area contributed by atoms with Gasteiger partial charge in [-0.3, -0.25) is 0 Å². The second-order valence-corrected chi connectivity index (χ2v) is 8.09. The van der Waals surface area contributed by atoms with Crippen LogP contribution in [0, 0.1) is 5.41 Å². The lowest BCUT2D eigenvalue weighted by Crippen LogP contribution is -2.29. The van der Waals surface area contributed by atoms with Crippen LogP contribution in [0.15, 0.2) is 30.3 Å². The van der Waals surface area contributed by atoms with Gasteiger partial charge in [-0.15, -0.1) is 0 Å². The molecule has 0 aliphatic rings. The molecule has 2 rings (SSSR count). The number of nitrogens with zero attached hydrogens (tertiary/aromatic N) is 1. The van der Waals surface area contributed by atoms with Crippen LogP contribution in [0.1, 0.15) is 38.7 Å². The fourth-order valence-electron chi connectivity index (χ4n) is 3.28. The van der Waals surface area contributed by atoms with Crippen molar-refractivity contribution in [3.05, 3.63) is 35.9 Å². The Labute approximate surface area is 191 Å². The average molecular weight is 443 g/mol. The number of nitrogens with one attached hydrogen (secondary N) is 4. The smallest absolute Gasteiger partial charge is 0.137 e. The molecule has 0 amide bonds. The zero-order chi connectivity index (χ0) is 23.3. The van der Waals surface area contributed by atoms with E-state index in [4.69, 9.17) is 20.9 Å². The van der Waals surface area contributed by atoms with Crippen molar-refractivity contribution in [1.82, 2.24) is 10.3 Å². The first-order chi connectivity index (χ1) is 15.5. The highest BCUT2D eigenvalue weighted by molar-refractivity contribution is 5.93. The number of rotatable bonds is 15. The number of benzene rings is 1. The molecule has 0 saturated heterocycles. The predicted octanol–water partition coefficient (Wildman–Crippen LogP) is 3.07. The first-order valence-electron chi connectivity index (χ1n) is 11.3. The van der Waals surface area contributed by atoms with Gasteiger partial charge < -0.3 is 36.9 Å². The first-order valence-corrected chi connectivity index (χ1v) is 11.3. The highest BCUT2D eigenvalue weighted by Crippen LogP contribution is 2.30. The molecule has 1 unspecified atom stereocenters. The Kier molecular flexibility index (Phi) is 10.9. The molecule has 8 nitrogen and oxygen atoms in total. The summed E-state index contributed by atoms with van der Waals surface area (Å²) in [6, 6.07) is 9.83. The molecule has 32 heavy (non-hydrogen) atoms. The zero-order valence-electron chi connectivity index (χ0n) is 19.4. The third-order valence-electron chi connectivity index (χ3n) is 4.84. The van der Waals surface area contributed by atoms with Crippen molar-refractivity contribution < 1.29 is 9.84 Å². The molecule has 0 fully saturated rings. The Hall–Kier alpha value is -2.68. The molecular formula is C24H38N6O2. The van der Waals surface area contributed by atoms with Gasteiger partial charge in [0.05, 0.1) is 11.3 Å². The van der Waals surface area contributed by atoms with Crippen LogP contribution < -0.4 is 26.4 Å². The first kappa shape index (κ1) is 25.6. The van der Waals surface area contributed by atoms with Crippen molar-refractivity contribution in [2.24, 2.45) is 5.73 Å². The van der Waals surface area contributed by atoms with E-state index < -0.39 is 6.10 Å². The molecule has 0 saturated carbocycles. The minimum atomic E-state index is -0.578. The summed E-state index contributed by atoms with van der Waals surface area (Å²) in [5, 5.41) is 27.6. The minimum absolute atomic E-state index is 0.178. The van der Waals surface area contributed by atoms with Crippen LogP contribution in [0.2, 0.25) is 0 Å². The van der Waals surface area contributed by atoms with E-state index in [1.54, 1.807) is 7.05 Å². The highest BCUT2D eigenvalue weighted by atomic mass is 16.5. The lowest BCUT2D eigenvalue weighted by Gasteiger charge is -2.18. The van der Waals surface area contributed by atoms with E-state index in [1.807, 2.05) is 44.2 Å². The Morgan fingerprint density at radius 3 is 2.72 bits per heavy atom. The molecule has 8 heteroatoms. The van der Waals surface area contributed by atoms with Crippen molar-refractivity contribution in [1.29, 1.82) is 5.41 Å².